The van der Waals surface area contributed by atoms with Crippen LogP contribution in [0.4, 0.5) is 4.39 Å². The molecule has 0 saturated heterocycles. The van der Waals surface area contributed by atoms with Gasteiger partial charge < -0.3 is 15.8 Å². The van der Waals surface area contributed by atoms with Crippen molar-refractivity contribution in [1.82, 2.24) is 5.32 Å². The number of nitrogens with one attached hydrogen (secondary N) is 1. The van der Waals surface area contributed by atoms with Gasteiger partial charge in [-0.15, -0.1) is 0 Å². The normalized spacial score (nSPS) is 11.6. The first-order chi connectivity index (χ1) is 12.0. The lowest BCUT2D eigenvalue weighted by molar-refractivity contribution is -0.123. The maximum Gasteiger partial charge on any atom is 0.224 e. The summed E-state index contributed by atoms with van der Waals surface area (Å²) >= 11 is 0. The molecule has 1 atom stereocenters. The summed E-state index contributed by atoms with van der Waals surface area (Å²) in [5, 5.41) is 2.73. The van der Waals surface area contributed by atoms with Gasteiger partial charge in [-0.1, -0.05) is 24.3 Å². The van der Waals surface area contributed by atoms with E-state index >= 15 is 0 Å². The van der Waals surface area contributed by atoms with Crippen LogP contribution in [0.5, 0.6) is 5.75 Å². The van der Waals surface area contributed by atoms with Gasteiger partial charge in [0, 0.05) is 6.54 Å². The minimum absolute atomic E-state index is 0.134. The van der Waals surface area contributed by atoms with Crippen LogP contribution < -0.4 is 15.8 Å². The number of benzene rings is 2. The van der Waals surface area contributed by atoms with Crippen molar-refractivity contribution in [1.29, 1.82) is 0 Å². The predicted octanol–water partition coefficient (Wildman–Crippen LogP) is 1.84. The van der Waals surface area contributed by atoms with E-state index in [4.69, 9.17) is 10.5 Å². The highest BCUT2D eigenvalue weighted by Crippen LogP contribution is 2.13. The minimum Gasteiger partial charge on any atom is -0.497 e. The molecule has 132 valence electrons. The Morgan fingerprint density at radius 2 is 1.88 bits per heavy atom. The van der Waals surface area contributed by atoms with Crippen LogP contribution >= 0.6 is 0 Å². The number of carbonyl (C=O) groups excluding carboxylic acids is 2. The van der Waals surface area contributed by atoms with Crippen LogP contribution in [0.25, 0.3) is 0 Å². The molecule has 0 aliphatic heterocycles. The summed E-state index contributed by atoms with van der Waals surface area (Å²) in [5.74, 6) is -0.938. The summed E-state index contributed by atoms with van der Waals surface area (Å²) in [6, 6.07) is 13.1. The van der Waals surface area contributed by atoms with Gasteiger partial charge in [-0.25, -0.2) is 4.39 Å². The Morgan fingerprint density at radius 1 is 1.16 bits per heavy atom. The third kappa shape index (κ3) is 5.91. The van der Waals surface area contributed by atoms with E-state index in [1.165, 1.54) is 12.1 Å². The molecule has 2 rings (SSSR count). The zero-order chi connectivity index (χ0) is 18.2. The molecule has 0 aliphatic carbocycles. The molecule has 2 aromatic rings. The summed E-state index contributed by atoms with van der Waals surface area (Å²) in [4.78, 5) is 23.7. The standard InChI is InChI=1S/C19H21FN2O3/c1-25-17-4-2-3-14(10-17)11-18(23)22-12-15(19(21)24)9-13-5-7-16(20)8-6-13/h2-8,10,15H,9,11-12H2,1H3,(H2,21,24)(H,22,23)/t15-/m0/s1. The average Bonchev–Trinajstić information content (AvgIpc) is 2.60. The molecule has 25 heavy (non-hydrogen) atoms. The number of methoxy groups -OCH3 is 1. The van der Waals surface area contributed by atoms with E-state index in [1.54, 1.807) is 31.4 Å². The number of carbonyl (C=O) groups is 2. The topological polar surface area (TPSA) is 81.4 Å². The third-order valence-electron chi connectivity index (χ3n) is 3.84. The Bertz CT molecular complexity index is 732. The zero-order valence-corrected chi connectivity index (χ0v) is 14.0. The second-order valence-corrected chi connectivity index (χ2v) is 5.76. The van der Waals surface area contributed by atoms with Gasteiger partial charge >= 0.3 is 0 Å². The molecule has 2 aromatic carbocycles. The lowest BCUT2D eigenvalue weighted by atomic mass is 9.98. The van der Waals surface area contributed by atoms with Crippen molar-refractivity contribution in [2.24, 2.45) is 11.7 Å². The molecule has 0 radical (unpaired) electrons. The molecular formula is C19H21FN2O3. The van der Waals surface area contributed by atoms with Gasteiger partial charge in [0.25, 0.3) is 0 Å². The van der Waals surface area contributed by atoms with Crippen molar-refractivity contribution in [3.8, 4) is 5.75 Å². The Hall–Kier alpha value is -2.89. The van der Waals surface area contributed by atoms with Gasteiger partial charge in [-0.05, 0) is 41.8 Å². The second kappa shape index (κ2) is 8.82. The van der Waals surface area contributed by atoms with E-state index in [9.17, 15) is 14.0 Å². The van der Waals surface area contributed by atoms with Gasteiger partial charge in [-0.2, -0.15) is 0 Å². The van der Waals surface area contributed by atoms with E-state index in [2.05, 4.69) is 5.32 Å². The number of primary amides is 1. The number of amides is 2. The lowest BCUT2D eigenvalue weighted by Gasteiger charge is -2.14. The molecule has 0 unspecified atom stereocenters. The van der Waals surface area contributed by atoms with Crippen molar-refractivity contribution in [2.45, 2.75) is 12.8 Å². The van der Waals surface area contributed by atoms with Crippen LogP contribution in [0, 0.1) is 11.7 Å². The van der Waals surface area contributed by atoms with Crippen LogP contribution in [-0.2, 0) is 22.4 Å². The largest absolute Gasteiger partial charge is 0.497 e. The quantitative estimate of drug-likeness (QED) is 0.767. The highest BCUT2D eigenvalue weighted by Gasteiger charge is 2.17. The first-order valence-electron chi connectivity index (χ1n) is 7.91. The maximum atomic E-state index is 12.9. The fourth-order valence-corrected chi connectivity index (χ4v) is 2.45. The van der Waals surface area contributed by atoms with E-state index in [0.29, 0.717) is 12.2 Å². The molecule has 5 nitrogen and oxygen atoms in total. The average molecular weight is 344 g/mol. The van der Waals surface area contributed by atoms with Crippen LogP contribution in [0.3, 0.4) is 0 Å². The summed E-state index contributed by atoms with van der Waals surface area (Å²) in [6.07, 6.45) is 0.522. The predicted molar refractivity (Wildman–Crippen MR) is 92.5 cm³/mol. The first-order valence-corrected chi connectivity index (χ1v) is 7.91. The molecule has 0 aliphatic rings. The van der Waals surface area contributed by atoms with Crippen molar-refractivity contribution in [3.63, 3.8) is 0 Å². The van der Waals surface area contributed by atoms with Gasteiger partial charge in [0.15, 0.2) is 0 Å². The molecular weight excluding hydrogens is 323 g/mol. The van der Waals surface area contributed by atoms with E-state index in [1.807, 2.05) is 12.1 Å². The molecule has 0 bridgehead atoms. The molecule has 0 saturated carbocycles. The van der Waals surface area contributed by atoms with Crippen molar-refractivity contribution in [2.75, 3.05) is 13.7 Å². The maximum absolute atomic E-state index is 12.9. The van der Waals surface area contributed by atoms with Crippen molar-refractivity contribution >= 4 is 11.8 Å². The highest BCUT2D eigenvalue weighted by molar-refractivity contribution is 5.81. The Labute approximate surface area is 146 Å². The number of hydrogen-bond donors (Lipinski definition) is 2. The van der Waals surface area contributed by atoms with Crippen LogP contribution in [0.1, 0.15) is 11.1 Å². The molecule has 6 heteroatoms. The van der Waals surface area contributed by atoms with E-state index in [0.717, 1.165) is 11.1 Å². The van der Waals surface area contributed by atoms with Gasteiger partial charge in [-0.3, -0.25) is 9.59 Å². The molecule has 0 fully saturated rings. The summed E-state index contributed by atoms with van der Waals surface area (Å²) in [5.41, 5.74) is 7.01. The number of ether oxygens (including phenoxy) is 1. The van der Waals surface area contributed by atoms with E-state index < -0.39 is 11.8 Å². The molecule has 0 aromatic heterocycles. The monoisotopic (exact) mass is 344 g/mol. The molecule has 0 spiro atoms. The van der Waals surface area contributed by atoms with Crippen LogP contribution in [0.2, 0.25) is 0 Å². The van der Waals surface area contributed by atoms with Crippen molar-refractivity contribution < 1.29 is 18.7 Å². The van der Waals surface area contributed by atoms with Crippen molar-refractivity contribution in [3.05, 3.63) is 65.5 Å². The summed E-state index contributed by atoms with van der Waals surface area (Å²) in [7, 11) is 1.56. The molecule has 0 heterocycles. The van der Waals surface area contributed by atoms with Crippen LogP contribution in [-0.4, -0.2) is 25.5 Å². The Morgan fingerprint density at radius 3 is 2.52 bits per heavy atom. The fourth-order valence-electron chi connectivity index (χ4n) is 2.45. The minimum atomic E-state index is -0.556. The molecule has 2 amide bonds. The fraction of sp³-hybridized carbons (Fsp3) is 0.263. The summed E-state index contributed by atoms with van der Waals surface area (Å²) < 4.78 is 18.1. The summed E-state index contributed by atoms with van der Waals surface area (Å²) in [6.45, 7) is 0.134. The molecule has 3 N–H and O–H groups in total. The lowest BCUT2D eigenvalue weighted by Crippen LogP contribution is -2.37. The smallest absolute Gasteiger partial charge is 0.224 e. The number of halogens is 1. The third-order valence-corrected chi connectivity index (χ3v) is 3.84. The van der Waals surface area contributed by atoms with Gasteiger partial charge in [0.05, 0.1) is 19.4 Å². The van der Waals surface area contributed by atoms with Crippen LogP contribution in [0.15, 0.2) is 48.5 Å². The van der Waals surface area contributed by atoms with Gasteiger partial charge in [0.1, 0.15) is 11.6 Å². The number of nitrogens with two attached hydrogens (primary N) is 1. The highest BCUT2D eigenvalue weighted by atomic mass is 19.1. The van der Waals surface area contributed by atoms with Gasteiger partial charge in [0.2, 0.25) is 11.8 Å². The Balaban J connectivity index is 1.90. The first kappa shape index (κ1) is 18.4. The SMILES string of the molecule is COc1cccc(CC(=O)NC[C@H](Cc2ccc(F)cc2)C(N)=O)c1. The second-order valence-electron chi connectivity index (χ2n) is 5.76. The number of hydrogen-bond acceptors (Lipinski definition) is 3. The number of rotatable bonds is 8. The van der Waals surface area contributed by atoms with E-state index in [-0.39, 0.29) is 24.7 Å². The zero-order valence-electron chi connectivity index (χ0n) is 14.0. The Kier molecular flexibility index (Phi) is 6.51.